The van der Waals surface area contributed by atoms with Crippen LogP contribution in [-0.2, 0) is 4.79 Å². The molecule has 1 aromatic rings. The van der Waals surface area contributed by atoms with Crippen molar-refractivity contribution in [2.24, 2.45) is 0 Å². The Kier molecular flexibility index (Phi) is 4.18. The summed E-state index contributed by atoms with van der Waals surface area (Å²) in [6, 6.07) is 6.04. The second-order valence-electron chi connectivity index (χ2n) is 4.86. The van der Waals surface area contributed by atoms with Crippen LogP contribution in [0.4, 0.5) is 10.1 Å². The molecule has 18 heavy (non-hydrogen) atoms. The lowest BCUT2D eigenvalue weighted by atomic mass is 10.2. The third-order valence-corrected chi connectivity index (χ3v) is 3.32. The quantitative estimate of drug-likeness (QED) is 0.862. The van der Waals surface area contributed by atoms with Crippen molar-refractivity contribution < 1.29 is 9.18 Å². The molecule has 0 spiro atoms. The van der Waals surface area contributed by atoms with Crippen molar-refractivity contribution in [3.63, 3.8) is 0 Å². The van der Waals surface area contributed by atoms with Crippen LogP contribution in [0.5, 0.6) is 0 Å². The predicted octanol–water partition coefficient (Wildman–Crippen LogP) is 2.68. The molecule has 1 saturated carbocycles. The van der Waals surface area contributed by atoms with Crippen LogP contribution in [0.1, 0.15) is 32.6 Å². The Bertz CT molecular complexity index is 399. The molecular formula is C14H19FN2O. The van der Waals surface area contributed by atoms with Gasteiger partial charge in [0.25, 0.3) is 0 Å². The minimum Gasteiger partial charge on any atom is -0.374 e. The van der Waals surface area contributed by atoms with E-state index in [-0.39, 0.29) is 17.8 Å². The van der Waals surface area contributed by atoms with E-state index in [9.17, 15) is 9.18 Å². The smallest absolute Gasteiger partial charge is 0.242 e. The van der Waals surface area contributed by atoms with E-state index in [1.807, 2.05) is 6.92 Å². The summed E-state index contributed by atoms with van der Waals surface area (Å²) < 4.78 is 12.7. The summed E-state index contributed by atoms with van der Waals surface area (Å²) in [4.78, 5) is 11.9. The molecule has 1 fully saturated rings. The first kappa shape index (κ1) is 12.9. The number of benzene rings is 1. The van der Waals surface area contributed by atoms with Gasteiger partial charge in [-0.2, -0.15) is 0 Å². The second-order valence-corrected chi connectivity index (χ2v) is 4.86. The molecule has 0 aromatic heterocycles. The minimum atomic E-state index is -0.309. The van der Waals surface area contributed by atoms with Crippen LogP contribution < -0.4 is 10.6 Å². The average molecular weight is 250 g/mol. The maximum absolute atomic E-state index is 12.7. The van der Waals surface area contributed by atoms with E-state index in [1.54, 1.807) is 12.1 Å². The molecule has 0 aliphatic heterocycles. The highest BCUT2D eigenvalue weighted by Crippen LogP contribution is 2.18. The van der Waals surface area contributed by atoms with Crippen molar-refractivity contribution in [1.29, 1.82) is 0 Å². The van der Waals surface area contributed by atoms with Crippen LogP contribution in [0, 0.1) is 5.82 Å². The zero-order valence-electron chi connectivity index (χ0n) is 10.6. The number of halogens is 1. The molecule has 1 aliphatic rings. The SMILES string of the molecule is CC(Nc1ccc(F)cc1)C(=O)NC1CCCC1. The van der Waals surface area contributed by atoms with Crippen molar-refractivity contribution in [3.05, 3.63) is 30.1 Å². The van der Waals surface area contributed by atoms with Gasteiger partial charge < -0.3 is 10.6 Å². The van der Waals surface area contributed by atoms with Gasteiger partial charge in [-0.1, -0.05) is 12.8 Å². The number of amides is 1. The predicted molar refractivity (Wildman–Crippen MR) is 69.9 cm³/mol. The van der Waals surface area contributed by atoms with E-state index >= 15 is 0 Å². The fourth-order valence-corrected chi connectivity index (χ4v) is 2.26. The van der Waals surface area contributed by atoms with Crippen LogP contribution >= 0.6 is 0 Å². The third-order valence-electron chi connectivity index (χ3n) is 3.32. The van der Waals surface area contributed by atoms with Gasteiger partial charge in [-0.25, -0.2) is 4.39 Å². The maximum atomic E-state index is 12.7. The summed E-state index contributed by atoms with van der Waals surface area (Å²) in [6.45, 7) is 1.81. The molecule has 0 radical (unpaired) electrons. The number of hydrogen-bond donors (Lipinski definition) is 2. The van der Waals surface area contributed by atoms with Gasteiger partial charge in [0.1, 0.15) is 11.9 Å². The number of rotatable bonds is 4. The molecule has 0 saturated heterocycles. The Hall–Kier alpha value is -1.58. The summed E-state index contributed by atoms with van der Waals surface area (Å²) in [5, 5.41) is 6.10. The van der Waals surface area contributed by atoms with Crippen LogP contribution in [0.25, 0.3) is 0 Å². The van der Waals surface area contributed by atoms with Gasteiger partial charge in [-0.3, -0.25) is 4.79 Å². The molecule has 1 aromatic carbocycles. The topological polar surface area (TPSA) is 41.1 Å². The number of carbonyl (C=O) groups excluding carboxylic acids is 1. The molecule has 4 heteroatoms. The minimum absolute atomic E-state index is 0.00576. The highest BCUT2D eigenvalue weighted by atomic mass is 19.1. The summed E-state index contributed by atoms with van der Waals surface area (Å²) >= 11 is 0. The van der Waals surface area contributed by atoms with Crippen molar-refractivity contribution in [1.82, 2.24) is 5.32 Å². The van der Waals surface area contributed by atoms with Gasteiger partial charge in [0, 0.05) is 11.7 Å². The molecule has 3 nitrogen and oxygen atoms in total. The third kappa shape index (κ3) is 3.45. The summed E-state index contributed by atoms with van der Waals surface area (Å²) in [6.07, 6.45) is 4.56. The first-order valence-corrected chi connectivity index (χ1v) is 6.47. The van der Waals surface area contributed by atoms with Gasteiger partial charge in [0.15, 0.2) is 0 Å². The van der Waals surface area contributed by atoms with Gasteiger partial charge >= 0.3 is 0 Å². The lowest BCUT2D eigenvalue weighted by Gasteiger charge is -2.18. The van der Waals surface area contributed by atoms with Gasteiger partial charge in [-0.05, 0) is 44.0 Å². The summed E-state index contributed by atoms with van der Waals surface area (Å²) in [5.74, 6) is -0.269. The average Bonchev–Trinajstić information content (AvgIpc) is 2.85. The molecular weight excluding hydrogens is 231 g/mol. The molecule has 1 amide bonds. The van der Waals surface area contributed by atoms with Crippen molar-refractivity contribution in [3.8, 4) is 0 Å². The van der Waals surface area contributed by atoms with E-state index in [2.05, 4.69) is 10.6 Å². The highest BCUT2D eigenvalue weighted by Gasteiger charge is 2.20. The molecule has 1 unspecified atom stereocenters. The number of hydrogen-bond acceptors (Lipinski definition) is 2. The van der Waals surface area contributed by atoms with Crippen LogP contribution in [0.2, 0.25) is 0 Å². The number of nitrogens with one attached hydrogen (secondary N) is 2. The Morgan fingerprint density at radius 3 is 2.50 bits per heavy atom. The lowest BCUT2D eigenvalue weighted by molar-refractivity contribution is -0.122. The Morgan fingerprint density at radius 1 is 1.28 bits per heavy atom. The molecule has 2 rings (SSSR count). The highest BCUT2D eigenvalue weighted by molar-refractivity contribution is 5.84. The lowest BCUT2D eigenvalue weighted by Crippen LogP contribution is -2.42. The van der Waals surface area contributed by atoms with Crippen LogP contribution in [-0.4, -0.2) is 18.0 Å². The van der Waals surface area contributed by atoms with E-state index in [1.165, 1.54) is 25.0 Å². The first-order valence-electron chi connectivity index (χ1n) is 6.47. The Labute approximate surface area is 107 Å². The molecule has 1 atom stereocenters. The monoisotopic (exact) mass is 250 g/mol. The van der Waals surface area contributed by atoms with Gasteiger partial charge in [0.2, 0.25) is 5.91 Å². The first-order chi connectivity index (χ1) is 8.65. The Balaban J connectivity index is 1.84. The van der Waals surface area contributed by atoms with Crippen LogP contribution in [0.3, 0.4) is 0 Å². The van der Waals surface area contributed by atoms with E-state index in [0.29, 0.717) is 6.04 Å². The van der Waals surface area contributed by atoms with Crippen molar-refractivity contribution in [2.75, 3.05) is 5.32 Å². The molecule has 1 aliphatic carbocycles. The van der Waals surface area contributed by atoms with Crippen LogP contribution in [0.15, 0.2) is 24.3 Å². The van der Waals surface area contributed by atoms with Gasteiger partial charge in [-0.15, -0.1) is 0 Å². The summed E-state index contributed by atoms with van der Waals surface area (Å²) in [5.41, 5.74) is 0.755. The molecule has 2 N–H and O–H groups in total. The fraction of sp³-hybridized carbons (Fsp3) is 0.500. The van der Waals surface area contributed by atoms with E-state index in [0.717, 1.165) is 18.5 Å². The summed E-state index contributed by atoms with van der Waals surface area (Å²) in [7, 11) is 0. The Morgan fingerprint density at radius 2 is 1.89 bits per heavy atom. The van der Waals surface area contributed by atoms with E-state index in [4.69, 9.17) is 0 Å². The number of anilines is 1. The number of carbonyl (C=O) groups is 1. The van der Waals surface area contributed by atoms with E-state index < -0.39 is 0 Å². The normalized spacial score (nSPS) is 17.4. The zero-order valence-corrected chi connectivity index (χ0v) is 10.6. The zero-order chi connectivity index (χ0) is 13.0. The molecule has 98 valence electrons. The maximum Gasteiger partial charge on any atom is 0.242 e. The second kappa shape index (κ2) is 5.85. The molecule has 0 bridgehead atoms. The standard InChI is InChI=1S/C14H19FN2O/c1-10(14(18)17-12-4-2-3-5-12)16-13-8-6-11(15)7-9-13/h6-10,12,16H,2-5H2,1H3,(H,17,18). The largest absolute Gasteiger partial charge is 0.374 e. The van der Waals surface area contributed by atoms with Crippen molar-refractivity contribution in [2.45, 2.75) is 44.7 Å². The van der Waals surface area contributed by atoms with Crippen molar-refractivity contribution >= 4 is 11.6 Å². The fourth-order valence-electron chi connectivity index (χ4n) is 2.26. The molecule has 0 heterocycles. The van der Waals surface area contributed by atoms with Gasteiger partial charge in [0.05, 0.1) is 0 Å².